The first kappa shape index (κ1) is 13.7. The molecule has 0 spiro atoms. The maximum absolute atomic E-state index is 12.1. The van der Waals surface area contributed by atoms with Crippen molar-refractivity contribution in [3.05, 3.63) is 66.0 Å². The summed E-state index contributed by atoms with van der Waals surface area (Å²) in [7, 11) is 0. The van der Waals surface area contributed by atoms with E-state index in [0.29, 0.717) is 5.56 Å². The fraction of sp³-hybridized carbons (Fsp3) is 0.133. The predicted octanol–water partition coefficient (Wildman–Crippen LogP) is 2.03. The van der Waals surface area contributed by atoms with Gasteiger partial charge < -0.3 is 10.4 Å². The number of carbonyl (C=O) groups is 2. The molecule has 0 aliphatic carbocycles. The van der Waals surface area contributed by atoms with E-state index < -0.39 is 12.0 Å². The van der Waals surface area contributed by atoms with Gasteiger partial charge in [-0.1, -0.05) is 30.3 Å². The summed E-state index contributed by atoms with van der Waals surface area (Å²) in [6.45, 7) is 0. The van der Waals surface area contributed by atoms with Crippen LogP contribution in [0.3, 0.4) is 0 Å². The topological polar surface area (TPSA) is 79.3 Å². The van der Waals surface area contributed by atoms with Crippen LogP contribution in [0.15, 0.2) is 54.9 Å². The smallest absolute Gasteiger partial charge is 0.305 e. The fourth-order valence-electron chi connectivity index (χ4n) is 1.85. The van der Waals surface area contributed by atoms with Crippen LogP contribution in [-0.2, 0) is 4.79 Å². The minimum Gasteiger partial charge on any atom is -0.481 e. The maximum Gasteiger partial charge on any atom is 0.305 e. The third-order valence-corrected chi connectivity index (χ3v) is 2.81. The highest BCUT2D eigenvalue weighted by Crippen LogP contribution is 2.17. The molecule has 0 unspecified atom stereocenters. The average molecular weight is 270 g/mol. The van der Waals surface area contributed by atoms with E-state index in [1.807, 2.05) is 6.07 Å². The molecule has 0 bridgehead atoms. The number of aromatic nitrogens is 1. The van der Waals surface area contributed by atoms with Gasteiger partial charge in [-0.05, 0) is 17.7 Å². The first-order chi connectivity index (χ1) is 9.66. The van der Waals surface area contributed by atoms with E-state index in [1.54, 1.807) is 42.6 Å². The lowest BCUT2D eigenvalue weighted by Crippen LogP contribution is -2.30. The molecule has 1 heterocycles. The van der Waals surface area contributed by atoms with E-state index in [0.717, 1.165) is 5.56 Å². The Morgan fingerprint density at radius 2 is 1.90 bits per heavy atom. The molecule has 0 radical (unpaired) electrons. The van der Waals surface area contributed by atoms with Gasteiger partial charge in [0.1, 0.15) is 0 Å². The highest BCUT2D eigenvalue weighted by atomic mass is 16.4. The van der Waals surface area contributed by atoms with Gasteiger partial charge in [0, 0.05) is 12.4 Å². The molecule has 2 aromatic rings. The summed E-state index contributed by atoms with van der Waals surface area (Å²) < 4.78 is 0. The van der Waals surface area contributed by atoms with Gasteiger partial charge in [0.15, 0.2) is 0 Å². The number of nitrogens with one attached hydrogen (secondary N) is 1. The first-order valence-corrected chi connectivity index (χ1v) is 6.14. The van der Waals surface area contributed by atoms with E-state index in [2.05, 4.69) is 10.3 Å². The minimum absolute atomic E-state index is 0.171. The van der Waals surface area contributed by atoms with Crippen LogP contribution in [0.5, 0.6) is 0 Å². The molecular weight excluding hydrogens is 256 g/mol. The zero-order valence-corrected chi connectivity index (χ0v) is 10.7. The second-order valence-corrected chi connectivity index (χ2v) is 4.28. The number of hydrogen-bond donors (Lipinski definition) is 2. The van der Waals surface area contributed by atoms with Crippen molar-refractivity contribution in [3.8, 4) is 0 Å². The Hall–Kier alpha value is -2.69. The molecule has 0 saturated carbocycles. The summed E-state index contributed by atoms with van der Waals surface area (Å²) in [4.78, 5) is 26.9. The summed E-state index contributed by atoms with van der Waals surface area (Å²) in [6.07, 6.45) is 2.84. The van der Waals surface area contributed by atoms with Gasteiger partial charge in [-0.3, -0.25) is 14.6 Å². The first-order valence-electron chi connectivity index (χ1n) is 6.14. The summed E-state index contributed by atoms with van der Waals surface area (Å²) in [5.74, 6) is -1.31. The van der Waals surface area contributed by atoms with Gasteiger partial charge in [-0.25, -0.2) is 0 Å². The minimum atomic E-state index is -0.967. The molecule has 1 aromatic carbocycles. The third-order valence-electron chi connectivity index (χ3n) is 2.81. The molecular formula is C15H14N2O3. The summed E-state index contributed by atoms with van der Waals surface area (Å²) in [5, 5.41) is 11.7. The largest absolute Gasteiger partial charge is 0.481 e. The Labute approximate surface area is 116 Å². The lowest BCUT2D eigenvalue weighted by Gasteiger charge is -2.17. The fourth-order valence-corrected chi connectivity index (χ4v) is 1.85. The van der Waals surface area contributed by atoms with Crippen LogP contribution in [0.2, 0.25) is 0 Å². The maximum atomic E-state index is 12.1. The molecule has 0 aliphatic heterocycles. The van der Waals surface area contributed by atoms with Gasteiger partial charge in [0.25, 0.3) is 5.91 Å². The summed E-state index contributed by atoms with van der Waals surface area (Å²) in [5.41, 5.74) is 1.16. The number of nitrogens with zero attached hydrogens (tertiary/aromatic N) is 1. The molecule has 2 rings (SSSR count). The number of rotatable bonds is 5. The molecule has 1 atom stereocenters. The van der Waals surface area contributed by atoms with Crippen LogP contribution in [0, 0.1) is 0 Å². The van der Waals surface area contributed by atoms with Gasteiger partial charge in [-0.2, -0.15) is 0 Å². The number of amides is 1. The Morgan fingerprint density at radius 3 is 2.50 bits per heavy atom. The zero-order chi connectivity index (χ0) is 14.4. The highest BCUT2D eigenvalue weighted by Gasteiger charge is 2.18. The highest BCUT2D eigenvalue weighted by molar-refractivity contribution is 5.94. The van der Waals surface area contributed by atoms with Gasteiger partial charge >= 0.3 is 5.97 Å². The SMILES string of the molecule is O=C(O)C[C@@H](NC(=O)c1cccnc1)c1ccccc1. The van der Waals surface area contributed by atoms with Crippen molar-refractivity contribution in [1.82, 2.24) is 10.3 Å². The van der Waals surface area contributed by atoms with Gasteiger partial charge in [0.05, 0.1) is 18.0 Å². The van der Waals surface area contributed by atoms with E-state index in [4.69, 9.17) is 5.11 Å². The van der Waals surface area contributed by atoms with Crippen LogP contribution in [0.4, 0.5) is 0 Å². The second kappa shape index (κ2) is 6.47. The van der Waals surface area contributed by atoms with Crippen LogP contribution < -0.4 is 5.32 Å². The number of carboxylic acid groups (broad SMARTS) is 1. The Morgan fingerprint density at radius 1 is 1.15 bits per heavy atom. The molecule has 0 saturated heterocycles. The molecule has 20 heavy (non-hydrogen) atoms. The van der Waals surface area contributed by atoms with Gasteiger partial charge in [0.2, 0.25) is 0 Å². The van der Waals surface area contributed by atoms with Crippen molar-refractivity contribution in [2.45, 2.75) is 12.5 Å². The second-order valence-electron chi connectivity index (χ2n) is 4.28. The van der Waals surface area contributed by atoms with Crippen molar-refractivity contribution in [3.63, 3.8) is 0 Å². The Balaban J connectivity index is 2.16. The number of pyridine rings is 1. The van der Waals surface area contributed by atoms with Crippen molar-refractivity contribution in [2.24, 2.45) is 0 Å². The van der Waals surface area contributed by atoms with E-state index in [-0.39, 0.29) is 12.3 Å². The number of benzene rings is 1. The molecule has 5 heteroatoms. The molecule has 1 aromatic heterocycles. The van der Waals surface area contributed by atoms with Crippen LogP contribution >= 0.6 is 0 Å². The number of aliphatic carboxylic acids is 1. The standard InChI is InChI=1S/C15H14N2O3/c18-14(19)9-13(11-5-2-1-3-6-11)17-15(20)12-7-4-8-16-10-12/h1-8,10,13H,9H2,(H,17,20)(H,18,19)/t13-/m1/s1. The van der Waals surface area contributed by atoms with Crippen LogP contribution in [-0.4, -0.2) is 22.0 Å². The van der Waals surface area contributed by atoms with Crippen molar-refractivity contribution in [2.75, 3.05) is 0 Å². The van der Waals surface area contributed by atoms with Crippen LogP contribution in [0.1, 0.15) is 28.4 Å². The van der Waals surface area contributed by atoms with E-state index in [9.17, 15) is 9.59 Å². The molecule has 102 valence electrons. The number of carbonyl (C=O) groups excluding carboxylic acids is 1. The number of hydrogen-bond acceptors (Lipinski definition) is 3. The summed E-state index contributed by atoms with van der Waals surface area (Å²) in [6, 6.07) is 11.7. The van der Waals surface area contributed by atoms with Gasteiger partial charge in [-0.15, -0.1) is 0 Å². The third kappa shape index (κ3) is 3.65. The molecule has 2 N–H and O–H groups in total. The monoisotopic (exact) mass is 270 g/mol. The lowest BCUT2D eigenvalue weighted by molar-refractivity contribution is -0.137. The number of carboxylic acids is 1. The lowest BCUT2D eigenvalue weighted by atomic mass is 10.0. The van der Waals surface area contributed by atoms with Crippen LogP contribution in [0.25, 0.3) is 0 Å². The molecule has 0 aliphatic rings. The molecule has 1 amide bonds. The molecule has 0 fully saturated rings. The summed E-state index contributed by atoms with van der Waals surface area (Å²) >= 11 is 0. The predicted molar refractivity (Wildman–Crippen MR) is 73.1 cm³/mol. The van der Waals surface area contributed by atoms with Crippen molar-refractivity contribution in [1.29, 1.82) is 0 Å². The Bertz CT molecular complexity index is 585. The van der Waals surface area contributed by atoms with Crippen molar-refractivity contribution < 1.29 is 14.7 Å². The quantitative estimate of drug-likeness (QED) is 0.871. The zero-order valence-electron chi connectivity index (χ0n) is 10.7. The molecule has 5 nitrogen and oxygen atoms in total. The normalized spacial score (nSPS) is 11.6. The van der Waals surface area contributed by atoms with Crippen molar-refractivity contribution >= 4 is 11.9 Å². The average Bonchev–Trinajstić information content (AvgIpc) is 2.48. The van der Waals surface area contributed by atoms with E-state index >= 15 is 0 Å². The van der Waals surface area contributed by atoms with E-state index in [1.165, 1.54) is 6.20 Å². The Kier molecular flexibility index (Phi) is 4.44.